The van der Waals surface area contributed by atoms with E-state index in [4.69, 9.17) is 4.74 Å². The third-order valence-corrected chi connectivity index (χ3v) is 5.37. The maximum atomic E-state index is 12.9. The molecule has 1 heterocycles. The van der Waals surface area contributed by atoms with Gasteiger partial charge >= 0.3 is 0 Å². The van der Waals surface area contributed by atoms with Crippen molar-refractivity contribution in [1.82, 2.24) is 0 Å². The van der Waals surface area contributed by atoms with Gasteiger partial charge in [-0.2, -0.15) is 0 Å². The Kier molecular flexibility index (Phi) is 6.36. The summed E-state index contributed by atoms with van der Waals surface area (Å²) in [6, 6.07) is 7.27. The Morgan fingerprint density at radius 1 is 1.13 bits per heavy atom. The molecule has 0 saturated heterocycles. The molecule has 122 valence electrons. The van der Waals surface area contributed by atoms with Gasteiger partial charge in [0.25, 0.3) is 5.91 Å². The summed E-state index contributed by atoms with van der Waals surface area (Å²) >= 11 is 3.06. The molecule has 0 bridgehead atoms. The number of amides is 1. The Labute approximate surface area is 145 Å². The second-order valence-electron chi connectivity index (χ2n) is 4.56. The van der Waals surface area contributed by atoms with E-state index in [1.54, 1.807) is 19.2 Å². The molecule has 1 aromatic carbocycles. The van der Waals surface area contributed by atoms with Crippen LogP contribution in [0.25, 0.3) is 0 Å². The van der Waals surface area contributed by atoms with Crippen LogP contribution in [0.2, 0.25) is 0 Å². The Morgan fingerprint density at radius 2 is 1.78 bits per heavy atom. The van der Waals surface area contributed by atoms with Crippen LogP contribution in [0.1, 0.15) is 13.8 Å². The number of hydrogen-bond acceptors (Lipinski definition) is 5. The number of anilines is 1. The Morgan fingerprint density at radius 3 is 2.39 bits per heavy atom. The van der Waals surface area contributed by atoms with Crippen molar-refractivity contribution in [1.29, 1.82) is 0 Å². The van der Waals surface area contributed by atoms with Gasteiger partial charge in [0.05, 0.1) is 17.0 Å². The minimum atomic E-state index is -0.307. The first-order valence-corrected chi connectivity index (χ1v) is 9.30. The Bertz CT molecular complexity index is 660. The number of thioether (sulfide) groups is 2. The van der Waals surface area contributed by atoms with Crippen LogP contribution in [-0.4, -0.2) is 30.3 Å². The molecule has 6 heteroatoms. The Hall–Kier alpha value is -1.66. The van der Waals surface area contributed by atoms with Crippen molar-refractivity contribution in [2.24, 2.45) is 0 Å². The van der Waals surface area contributed by atoms with Gasteiger partial charge in [-0.25, -0.2) is 0 Å². The molecule has 4 nitrogen and oxygen atoms in total. The molecule has 2 rings (SSSR count). The van der Waals surface area contributed by atoms with Gasteiger partial charge in [0.15, 0.2) is 5.78 Å². The zero-order valence-electron chi connectivity index (χ0n) is 13.4. The number of nitrogens with zero attached hydrogens (tertiary/aromatic N) is 1. The van der Waals surface area contributed by atoms with Crippen LogP contribution in [0.15, 0.2) is 46.4 Å². The molecular weight excluding hydrogens is 330 g/mol. The quantitative estimate of drug-likeness (QED) is 0.577. The first-order chi connectivity index (χ1) is 11.1. The zero-order chi connectivity index (χ0) is 16.8. The molecular formula is C17H19NO3S2. The number of hydrogen-bond donors (Lipinski definition) is 0. The van der Waals surface area contributed by atoms with E-state index >= 15 is 0 Å². The standard InChI is InChI=1S/C17H19NO3S2/c1-4-22-17(23-5-2)15-13(19)10-11-18(16(15)20)12-8-6-7-9-14(12)21-3/h6-11H,4-5H2,1-3H3. The highest BCUT2D eigenvalue weighted by atomic mass is 32.2. The maximum Gasteiger partial charge on any atom is 0.268 e. The molecule has 0 atom stereocenters. The van der Waals surface area contributed by atoms with E-state index in [2.05, 4.69) is 0 Å². The number of benzene rings is 1. The average Bonchev–Trinajstić information content (AvgIpc) is 2.55. The summed E-state index contributed by atoms with van der Waals surface area (Å²) in [5, 5.41) is 0. The van der Waals surface area contributed by atoms with Crippen LogP contribution in [-0.2, 0) is 9.59 Å². The predicted octanol–water partition coefficient (Wildman–Crippen LogP) is 3.84. The van der Waals surface area contributed by atoms with Crippen molar-refractivity contribution in [3.63, 3.8) is 0 Å². The Balaban J connectivity index is 2.50. The number of ketones is 1. The van der Waals surface area contributed by atoms with Crippen LogP contribution in [0.4, 0.5) is 5.69 Å². The summed E-state index contributed by atoms with van der Waals surface area (Å²) in [6.45, 7) is 4.01. The lowest BCUT2D eigenvalue weighted by Gasteiger charge is -2.25. The van der Waals surface area contributed by atoms with Gasteiger partial charge in [-0.05, 0) is 23.6 Å². The fraction of sp³-hybridized carbons (Fsp3) is 0.294. The van der Waals surface area contributed by atoms with Crippen LogP contribution in [0.3, 0.4) is 0 Å². The number of ether oxygens (including phenoxy) is 1. The topological polar surface area (TPSA) is 46.6 Å². The molecule has 0 radical (unpaired) electrons. The van der Waals surface area contributed by atoms with Crippen molar-refractivity contribution >= 4 is 40.9 Å². The first-order valence-electron chi connectivity index (χ1n) is 7.33. The van der Waals surface area contributed by atoms with E-state index in [-0.39, 0.29) is 17.3 Å². The van der Waals surface area contributed by atoms with Crippen molar-refractivity contribution in [2.75, 3.05) is 23.5 Å². The molecule has 1 aliphatic heterocycles. The molecule has 1 amide bonds. The fourth-order valence-electron chi connectivity index (χ4n) is 2.17. The van der Waals surface area contributed by atoms with Crippen molar-refractivity contribution < 1.29 is 14.3 Å². The molecule has 0 fully saturated rings. The molecule has 23 heavy (non-hydrogen) atoms. The highest BCUT2D eigenvalue weighted by Crippen LogP contribution is 2.36. The molecule has 0 saturated carbocycles. The summed E-state index contributed by atoms with van der Waals surface area (Å²) in [6.07, 6.45) is 2.95. The normalized spacial score (nSPS) is 14.4. The SMILES string of the molecule is CCSC(SCC)=C1C(=O)C=CN(c2ccccc2OC)C1=O. The lowest BCUT2D eigenvalue weighted by atomic mass is 10.1. The second-order valence-corrected chi connectivity index (χ2v) is 7.36. The molecule has 0 aliphatic carbocycles. The van der Waals surface area contributed by atoms with Gasteiger partial charge in [0.2, 0.25) is 0 Å². The third kappa shape index (κ3) is 3.82. The molecule has 0 spiro atoms. The van der Waals surface area contributed by atoms with Crippen LogP contribution in [0.5, 0.6) is 5.75 Å². The highest BCUT2D eigenvalue weighted by Gasteiger charge is 2.31. The van der Waals surface area contributed by atoms with E-state index in [0.717, 1.165) is 15.7 Å². The van der Waals surface area contributed by atoms with Gasteiger partial charge in [0.1, 0.15) is 11.3 Å². The summed E-state index contributed by atoms with van der Waals surface area (Å²) < 4.78 is 6.11. The van der Waals surface area contributed by atoms with Crippen LogP contribution >= 0.6 is 23.5 Å². The van der Waals surface area contributed by atoms with E-state index in [0.29, 0.717) is 11.4 Å². The number of methoxy groups -OCH3 is 1. The van der Waals surface area contributed by atoms with E-state index < -0.39 is 0 Å². The highest BCUT2D eigenvalue weighted by molar-refractivity contribution is 8.22. The first kappa shape index (κ1) is 17.7. The summed E-state index contributed by atoms with van der Waals surface area (Å²) in [5.41, 5.74) is 0.876. The lowest BCUT2D eigenvalue weighted by molar-refractivity contribution is -0.119. The third-order valence-electron chi connectivity index (χ3n) is 3.15. The van der Waals surface area contributed by atoms with E-state index in [1.807, 2.05) is 26.0 Å². The number of carbonyl (C=O) groups is 2. The maximum absolute atomic E-state index is 12.9. The summed E-state index contributed by atoms with van der Waals surface area (Å²) in [4.78, 5) is 26.7. The number of carbonyl (C=O) groups excluding carboxylic acids is 2. The number of rotatable bonds is 6. The van der Waals surface area contributed by atoms with E-state index in [1.165, 1.54) is 40.7 Å². The van der Waals surface area contributed by atoms with Gasteiger partial charge in [-0.3, -0.25) is 14.5 Å². The molecule has 0 aromatic heterocycles. The molecule has 1 aromatic rings. The van der Waals surface area contributed by atoms with Gasteiger partial charge in [-0.15, -0.1) is 23.5 Å². The summed E-state index contributed by atoms with van der Waals surface area (Å²) in [5.74, 6) is 1.67. The van der Waals surface area contributed by atoms with Gasteiger partial charge < -0.3 is 4.74 Å². The molecule has 1 aliphatic rings. The van der Waals surface area contributed by atoms with Gasteiger partial charge in [0, 0.05) is 12.3 Å². The van der Waals surface area contributed by atoms with Crippen molar-refractivity contribution in [3.8, 4) is 5.75 Å². The zero-order valence-corrected chi connectivity index (χ0v) is 15.0. The van der Waals surface area contributed by atoms with Gasteiger partial charge in [-0.1, -0.05) is 26.0 Å². The van der Waals surface area contributed by atoms with Crippen molar-refractivity contribution in [2.45, 2.75) is 13.8 Å². The fourth-order valence-corrected chi connectivity index (χ4v) is 4.40. The number of para-hydroxylation sites is 2. The van der Waals surface area contributed by atoms with E-state index in [9.17, 15) is 9.59 Å². The largest absolute Gasteiger partial charge is 0.495 e. The predicted molar refractivity (Wildman–Crippen MR) is 97.9 cm³/mol. The number of allylic oxidation sites excluding steroid dienone is 1. The lowest BCUT2D eigenvalue weighted by Crippen LogP contribution is -2.34. The average molecular weight is 349 g/mol. The smallest absolute Gasteiger partial charge is 0.268 e. The molecule has 0 N–H and O–H groups in total. The monoisotopic (exact) mass is 349 g/mol. The van der Waals surface area contributed by atoms with Crippen LogP contribution < -0.4 is 9.64 Å². The van der Waals surface area contributed by atoms with Crippen LogP contribution in [0, 0.1) is 0 Å². The summed E-state index contributed by atoms with van der Waals surface area (Å²) in [7, 11) is 1.56. The van der Waals surface area contributed by atoms with Crippen molar-refractivity contribution in [3.05, 3.63) is 46.4 Å². The second kappa shape index (κ2) is 8.26. The molecule has 0 unspecified atom stereocenters. The minimum Gasteiger partial charge on any atom is -0.495 e. The minimum absolute atomic E-state index is 0.238.